The summed E-state index contributed by atoms with van der Waals surface area (Å²) in [4.78, 5) is 12.1. The molecular weight excluding hydrogens is 396 g/mol. The second-order valence-electron chi connectivity index (χ2n) is 11.1. The first kappa shape index (κ1) is 21.0. The summed E-state index contributed by atoms with van der Waals surface area (Å²) in [5.74, 6) is -0.113. The topological polar surface area (TPSA) is 46.5 Å². The molecule has 0 unspecified atom stereocenters. The molecule has 0 amide bonds. The van der Waals surface area contributed by atoms with Gasteiger partial charge in [-0.1, -0.05) is 55.3 Å². The smallest absolute Gasteiger partial charge is 0.306 e. The summed E-state index contributed by atoms with van der Waals surface area (Å²) >= 11 is 0. The Labute approximate surface area is 199 Å². The van der Waals surface area contributed by atoms with Crippen LogP contribution in [0.1, 0.15) is 103 Å². The van der Waals surface area contributed by atoms with Gasteiger partial charge in [-0.05, 0) is 101 Å². The third-order valence-corrected chi connectivity index (χ3v) is 7.32. The van der Waals surface area contributed by atoms with Gasteiger partial charge in [-0.15, -0.1) is 0 Å². The fourth-order valence-electron chi connectivity index (χ4n) is 5.70. The largest absolute Gasteiger partial charge is 0.460 e. The highest BCUT2D eigenvalue weighted by atomic mass is 16.6. The Kier molecular flexibility index (Phi) is 6.63. The number of aliphatic hydroxyl groups is 1. The number of carbonyl (C=O) groups is 1. The van der Waals surface area contributed by atoms with E-state index in [9.17, 15) is 9.90 Å². The van der Waals surface area contributed by atoms with Crippen LogP contribution in [0.15, 0.2) is 47.1 Å². The number of rotatable bonds is 6. The first-order valence-corrected chi connectivity index (χ1v) is 12.4. The molecule has 3 rings (SSSR count). The molecule has 0 heterocycles. The Bertz CT molecular complexity index is 903. The molecule has 2 fully saturated rings. The predicted molar refractivity (Wildman–Crippen MR) is 132 cm³/mol. The van der Waals surface area contributed by atoms with Gasteiger partial charge in [0.1, 0.15) is 5.60 Å². The molecule has 32 heavy (non-hydrogen) atoms. The molecule has 0 aromatic rings. The molecule has 0 aromatic heterocycles. The Morgan fingerprint density at radius 2 is 2.19 bits per heavy atom. The van der Waals surface area contributed by atoms with Gasteiger partial charge in [-0.3, -0.25) is 4.79 Å². The van der Waals surface area contributed by atoms with Crippen LogP contribution in [0.2, 0.25) is 0 Å². The maximum Gasteiger partial charge on any atom is 0.306 e. The van der Waals surface area contributed by atoms with Crippen molar-refractivity contribution < 1.29 is 18.8 Å². The van der Waals surface area contributed by atoms with Crippen LogP contribution < -0.4 is 0 Å². The van der Waals surface area contributed by atoms with Crippen LogP contribution in [0, 0.1) is 17.3 Å². The van der Waals surface area contributed by atoms with Crippen molar-refractivity contribution in [1.29, 1.82) is 0 Å². The molecule has 3 aliphatic carbocycles. The standard InChI is InChI=1S/C29H44O3/c1-20-12-15-24(30)19-23(20)14-13-22-10-8-18-29(6)25(16-17-26(22)29)21(2)9-7-11-27(31)32-28(3,4)5/h13-14,16,21,24,26,30H,1,7-12,15,17-19H2,2-6H3/b22-13+,23-14-/t21-,24+,26+,29-/m1/s1/i6D3. The third kappa shape index (κ3) is 6.04. The number of esters is 1. The molecule has 0 radical (unpaired) electrons. The molecular formula is C29H44O3. The van der Waals surface area contributed by atoms with E-state index in [0.29, 0.717) is 25.7 Å². The van der Waals surface area contributed by atoms with Gasteiger partial charge in [0.05, 0.1) is 6.10 Å². The van der Waals surface area contributed by atoms with Gasteiger partial charge < -0.3 is 9.84 Å². The van der Waals surface area contributed by atoms with Crippen molar-refractivity contribution in [2.45, 2.75) is 110 Å². The van der Waals surface area contributed by atoms with Crippen LogP contribution in [-0.4, -0.2) is 22.8 Å². The normalized spacial score (nSPS) is 33.8. The van der Waals surface area contributed by atoms with Crippen LogP contribution in [0.5, 0.6) is 0 Å². The lowest BCUT2D eigenvalue weighted by molar-refractivity contribution is -0.154. The van der Waals surface area contributed by atoms with Crippen LogP contribution >= 0.6 is 0 Å². The van der Waals surface area contributed by atoms with Gasteiger partial charge >= 0.3 is 5.97 Å². The highest BCUT2D eigenvalue weighted by Gasteiger charge is 2.45. The molecule has 4 atom stereocenters. The number of carbonyl (C=O) groups excluding carboxylic acids is 1. The van der Waals surface area contributed by atoms with Crippen molar-refractivity contribution in [3.05, 3.63) is 47.1 Å². The fraction of sp³-hybridized carbons (Fsp3) is 0.690. The molecule has 3 heteroatoms. The molecule has 1 N–H and O–H groups in total. The summed E-state index contributed by atoms with van der Waals surface area (Å²) in [6.45, 7) is 9.80. The fourth-order valence-corrected chi connectivity index (χ4v) is 5.70. The molecule has 178 valence electrons. The number of hydrogen-bond acceptors (Lipinski definition) is 3. The molecule has 0 aromatic carbocycles. The van der Waals surface area contributed by atoms with Gasteiger partial charge in [-0.25, -0.2) is 0 Å². The minimum atomic E-state index is -2.09. The lowest BCUT2D eigenvalue weighted by atomic mass is 9.62. The zero-order chi connectivity index (χ0) is 26.0. The van der Waals surface area contributed by atoms with E-state index in [-0.39, 0.29) is 23.9 Å². The monoisotopic (exact) mass is 443 g/mol. The van der Waals surface area contributed by atoms with Crippen molar-refractivity contribution in [2.24, 2.45) is 17.3 Å². The number of hydrogen-bond donors (Lipinski definition) is 1. The molecule has 0 aliphatic heterocycles. The summed E-state index contributed by atoms with van der Waals surface area (Å²) < 4.78 is 31.3. The number of aliphatic hydroxyl groups excluding tert-OH is 1. The van der Waals surface area contributed by atoms with E-state index in [2.05, 4.69) is 31.7 Å². The highest BCUT2D eigenvalue weighted by molar-refractivity contribution is 5.69. The molecule has 0 bridgehead atoms. The second kappa shape index (κ2) is 10.1. The average molecular weight is 444 g/mol. The lowest BCUT2D eigenvalue weighted by Crippen LogP contribution is -2.32. The Hall–Kier alpha value is -1.61. The maximum absolute atomic E-state index is 12.1. The summed E-state index contributed by atoms with van der Waals surface area (Å²) in [5.41, 5.74) is 3.11. The Balaban J connectivity index is 1.77. The Morgan fingerprint density at radius 1 is 1.41 bits per heavy atom. The van der Waals surface area contributed by atoms with Gasteiger partial charge in [-0.2, -0.15) is 0 Å². The number of allylic oxidation sites excluding steroid dienone is 6. The molecule has 0 saturated heterocycles. The number of ether oxygens (including phenoxy) is 1. The van der Waals surface area contributed by atoms with Gasteiger partial charge in [0.25, 0.3) is 0 Å². The number of fused-ring (bicyclic) bond motifs is 1. The lowest BCUT2D eigenvalue weighted by Gasteiger charge is -2.42. The summed E-state index contributed by atoms with van der Waals surface area (Å²) in [5, 5.41) is 10.1. The van der Waals surface area contributed by atoms with E-state index in [1.807, 2.05) is 20.8 Å². The maximum atomic E-state index is 12.1. The minimum absolute atomic E-state index is 0.0225. The van der Waals surface area contributed by atoms with E-state index in [1.165, 1.54) is 5.57 Å². The SMILES string of the molecule is [2H]C([2H])([2H])[C@]12CCC/C(=C\C=C3\C[C@@H](O)CCC3=C)[C@@H]1CC=C2[C@H](C)CCCC(=O)OC(C)(C)C. The zero-order valence-corrected chi connectivity index (χ0v) is 20.5. The van der Waals surface area contributed by atoms with Crippen molar-refractivity contribution in [1.82, 2.24) is 0 Å². The minimum Gasteiger partial charge on any atom is -0.460 e. The molecule has 0 spiro atoms. The average Bonchev–Trinajstić information content (AvgIpc) is 3.14. The van der Waals surface area contributed by atoms with Crippen molar-refractivity contribution in [3.8, 4) is 0 Å². The van der Waals surface area contributed by atoms with Crippen LogP contribution in [-0.2, 0) is 9.53 Å². The zero-order valence-electron chi connectivity index (χ0n) is 23.5. The summed E-state index contributed by atoms with van der Waals surface area (Å²) in [6.07, 6.45) is 13.3. The first-order valence-electron chi connectivity index (χ1n) is 13.9. The molecule has 3 nitrogen and oxygen atoms in total. The van der Waals surface area contributed by atoms with E-state index in [1.54, 1.807) is 0 Å². The van der Waals surface area contributed by atoms with Crippen LogP contribution in [0.3, 0.4) is 0 Å². The molecule has 3 aliphatic rings. The van der Waals surface area contributed by atoms with Crippen LogP contribution in [0.25, 0.3) is 0 Å². The van der Waals surface area contributed by atoms with Crippen molar-refractivity contribution in [3.63, 3.8) is 0 Å². The quantitative estimate of drug-likeness (QED) is 0.348. The van der Waals surface area contributed by atoms with Gasteiger partial charge in [0.2, 0.25) is 0 Å². The van der Waals surface area contributed by atoms with Gasteiger partial charge in [0, 0.05) is 10.5 Å². The van der Waals surface area contributed by atoms with E-state index in [4.69, 9.17) is 8.85 Å². The van der Waals surface area contributed by atoms with Gasteiger partial charge in [0.15, 0.2) is 0 Å². The summed E-state index contributed by atoms with van der Waals surface area (Å²) in [7, 11) is 0. The first-order chi connectivity index (χ1) is 16.2. The summed E-state index contributed by atoms with van der Waals surface area (Å²) in [6, 6.07) is 0. The van der Waals surface area contributed by atoms with Crippen molar-refractivity contribution in [2.75, 3.05) is 0 Å². The Morgan fingerprint density at radius 3 is 2.91 bits per heavy atom. The van der Waals surface area contributed by atoms with E-state index < -0.39 is 17.9 Å². The molecule has 2 saturated carbocycles. The third-order valence-electron chi connectivity index (χ3n) is 7.32. The van der Waals surface area contributed by atoms with E-state index in [0.717, 1.165) is 55.2 Å². The van der Waals surface area contributed by atoms with Crippen LogP contribution in [0.4, 0.5) is 0 Å². The highest BCUT2D eigenvalue weighted by Crippen LogP contribution is 2.57. The van der Waals surface area contributed by atoms with E-state index >= 15 is 0 Å². The second-order valence-corrected chi connectivity index (χ2v) is 11.1. The van der Waals surface area contributed by atoms with Crippen molar-refractivity contribution >= 4 is 5.97 Å². The predicted octanol–water partition coefficient (Wildman–Crippen LogP) is 7.22.